The van der Waals surface area contributed by atoms with Crippen LogP contribution in [0.5, 0.6) is 0 Å². The number of nitrogens with zero attached hydrogens (tertiary/aromatic N) is 2. The molecule has 0 aromatic carbocycles. The first kappa shape index (κ1) is 12.9. The SMILES string of the molecule is CC(N)CCSCC(=O)Nc1ncccn1. The lowest BCUT2D eigenvalue weighted by Gasteiger charge is -2.04. The van der Waals surface area contributed by atoms with Crippen molar-refractivity contribution in [1.29, 1.82) is 0 Å². The van der Waals surface area contributed by atoms with Gasteiger partial charge in [0.1, 0.15) is 0 Å². The van der Waals surface area contributed by atoms with Crippen LogP contribution in [-0.4, -0.2) is 33.4 Å². The molecule has 0 saturated carbocycles. The van der Waals surface area contributed by atoms with Gasteiger partial charge in [-0.3, -0.25) is 10.1 Å². The van der Waals surface area contributed by atoms with E-state index >= 15 is 0 Å². The fourth-order valence-electron chi connectivity index (χ4n) is 0.959. The minimum Gasteiger partial charge on any atom is -0.328 e. The van der Waals surface area contributed by atoms with E-state index in [1.807, 2.05) is 6.92 Å². The molecule has 1 rings (SSSR count). The van der Waals surface area contributed by atoms with Gasteiger partial charge in [0.05, 0.1) is 5.75 Å². The average molecular weight is 240 g/mol. The van der Waals surface area contributed by atoms with E-state index in [0.29, 0.717) is 11.7 Å². The summed E-state index contributed by atoms with van der Waals surface area (Å²) in [5.74, 6) is 1.56. The van der Waals surface area contributed by atoms with Crippen molar-refractivity contribution in [2.45, 2.75) is 19.4 Å². The van der Waals surface area contributed by atoms with Crippen molar-refractivity contribution in [1.82, 2.24) is 9.97 Å². The van der Waals surface area contributed by atoms with E-state index in [9.17, 15) is 4.79 Å². The molecule has 0 aliphatic carbocycles. The fraction of sp³-hybridized carbons (Fsp3) is 0.500. The predicted molar refractivity (Wildman–Crippen MR) is 66.3 cm³/mol. The summed E-state index contributed by atoms with van der Waals surface area (Å²) < 4.78 is 0. The van der Waals surface area contributed by atoms with Gasteiger partial charge in [-0.2, -0.15) is 11.8 Å². The normalized spacial score (nSPS) is 12.1. The van der Waals surface area contributed by atoms with Crippen LogP contribution in [0.3, 0.4) is 0 Å². The molecule has 5 nitrogen and oxygen atoms in total. The Bertz CT molecular complexity index is 318. The summed E-state index contributed by atoms with van der Waals surface area (Å²) in [6.07, 6.45) is 4.09. The lowest BCUT2D eigenvalue weighted by Crippen LogP contribution is -2.18. The number of hydrogen-bond acceptors (Lipinski definition) is 5. The molecule has 1 amide bonds. The van der Waals surface area contributed by atoms with Gasteiger partial charge in [-0.05, 0) is 25.2 Å². The number of rotatable bonds is 6. The largest absolute Gasteiger partial charge is 0.328 e. The third-order valence-corrected chi connectivity index (χ3v) is 2.76. The molecule has 0 fully saturated rings. The van der Waals surface area contributed by atoms with E-state index in [0.717, 1.165) is 12.2 Å². The highest BCUT2D eigenvalue weighted by molar-refractivity contribution is 7.99. The van der Waals surface area contributed by atoms with E-state index < -0.39 is 0 Å². The van der Waals surface area contributed by atoms with Gasteiger partial charge in [0.15, 0.2) is 0 Å². The van der Waals surface area contributed by atoms with Crippen LogP contribution in [0.4, 0.5) is 5.95 Å². The Morgan fingerprint density at radius 2 is 2.25 bits per heavy atom. The molecule has 0 radical (unpaired) electrons. The number of carbonyl (C=O) groups is 1. The predicted octanol–water partition coefficient (Wildman–Crippen LogP) is 0.886. The molecule has 88 valence electrons. The number of nitrogens with one attached hydrogen (secondary N) is 1. The van der Waals surface area contributed by atoms with Crippen molar-refractivity contribution >= 4 is 23.6 Å². The fourth-order valence-corrected chi connectivity index (χ4v) is 1.90. The second-order valence-corrected chi connectivity index (χ2v) is 4.54. The van der Waals surface area contributed by atoms with Crippen LogP contribution in [-0.2, 0) is 4.79 Å². The topological polar surface area (TPSA) is 80.9 Å². The molecule has 1 heterocycles. The third-order valence-electron chi connectivity index (χ3n) is 1.77. The highest BCUT2D eigenvalue weighted by atomic mass is 32.2. The zero-order valence-corrected chi connectivity index (χ0v) is 10.0. The number of carbonyl (C=O) groups excluding carboxylic acids is 1. The Balaban J connectivity index is 2.17. The molecule has 16 heavy (non-hydrogen) atoms. The van der Waals surface area contributed by atoms with Crippen LogP contribution in [0.1, 0.15) is 13.3 Å². The summed E-state index contributed by atoms with van der Waals surface area (Å²) in [5.41, 5.74) is 5.60. The maximum atomic E-state index is 11.4. The lowest BCUT2D eigenvalue weighted by atomic mass is 10.3. The van der Waals surface area contributed by atoms with Gasteiger partial charge in [-0.25, -0.2) is 9.97 Å². The lowest BCUT2D eigenvalue weighted by molar-refractivity contribution is -0.113. The Morgan fingerprint density at radius 1 is 1.56 bits per heavy atom. The first-order valence-corrected chi connectivity index (χ1v) is 6.24. The van der Waals surface area contributed by atoms with E-state index in [-0.39, 0.29) is 11.9 Å². The van der Waals surface area contributed by atoms with Gasteiger partial charge in [0, 0.05) is 18.4 Å². The van der Waals surface area contributed by atoms with Gasteiger partial charge in [0.25, 0.3) is 0 Å². The standard InChI is InChI=1S/C10H16N4OS/c1-8(11)3-6-16-7-9(15)14-10-12-4-2-5-13-10/h2,4-5,8H,3,6-7,11H2,1H3,(H,12,13,14,15). The van der Waals surface area contributed by atoms with Crippen molar-refractivity contribution in [2.75, 3.05) is 16.8 Å². The summed E-state index contributed by atoms with van der Waals surface area (Å²) in [6, 6.07) is 1.89. The smallest absolute Gasteiger partial charge is 0.236 e. The Kier molecular flexibility index (Phi) is 5.81. The molecular formula is C10H16N4OS. The van der Waals surface area contributed by atoms with Crippen molar-refractivity contribution in [3.63, 3.8) is 0 Å². The Morgan fingerprint density at radius 3 is 2.88 bits per heavy atom. The first-order valence-electron chi connectivity index (χ1n) is 5.08. The average Bonchev–Trinajstić information content (AvgIpc) is 2.25. The van der Waals surface area contributed by atoms with Crippen LogP contribution >= 0.6 is 11.8 Å². The van der Waals surface area contributed by atoms with Gasteiger partial charge in [-0.15, -0.1) is 0 Å². The van der Waals surface area contributed by atoms with Crippen molar-refractivity contribution < 1.29 is 4.79 Å². The van der Waals surface area contributed by atoms with Gasteiger partial charge in [0.2, 0.25) is 11.9 Å². The highest BCUT2D eigenvalue weighted by Crippen LogP contribution is 2.05. The van der Waals surface area contributed by atoms with Gasteiger partial charge >= 0.3 is 0 Å². The van der Waals surface area contributed by atoms with Gasteiger partial charge in [-0.1, -0.05) is 0 Å². The summed E-state index contributed by atoms with van der Waals surface area (Å²) in [7, 11) is 0. The Labute approximate surface area is 99.2 Å². The van der Waals surface area contributed by atoms with E-state index in [1.54, 1.807) is 30.2 Å². The summed E-state index contributed by atoms with van der Waals surface area (Å²) in [5, 5.41) is 2.62. The minimum atomic E-state index is -0.0825. The molecule has 0 bridgehead atoms. The molecular weight excluding hydrogens is 224 g/mol. The van der Waals surface area contributed by atoms with Crippen LogP contribution in [0.2, 0.25) is 0 Å². The minimum absolute atomic E-state index is 0.0825. The second kappa shape index (κ2) is 7.19. The first-order chi connectivity index (χ1) is 7.68. The van der Waals surface area contributed by atoms with Crippen molar-refractivity contribution in [3.05, 3.63) is 18.5 Å². The molecule has 0 saturated heterocycles. The number of hydrogen-bond donors (Lipinski definition) is 2. The van der Waals surface area contributed by atoms with E-state index in [4.69, 9.17) is 5.73 Å². The van der Waals surface area contributed by atoms with Crippen molar-refractivity contribution in [3.8, 4) is 0 Å². The number of thioether (sulfide) groups is 1. The number of anilines is 1. The maximum Gasteiger partial charge on any atom is 0.236 e. The van der Waals surface area contributed by atoms with Crippen LogP contribution in [0, 0.1) is 0 Å². The summed E-state index contributed by atoms with van der Waals surface area (Å²) >= 11 is 1.56. The van der Waals surface area contributed by atoms with Crippen LogP contribution in [0.25, 0.3) is 0 Å². The molecule has 0 aliphatic heterocycles. The maximum absolute atomic E-state index is 11.4. The molecule has 6 heteroatoms. The number of nitrogens with two attached hydrogens (primary N) is 1. The highest BCUT2D eigenvalue weighted by Gasteiger charge is 2.04. The van der Waals surface area contributed by atoms with Crippen LogP contribution < -0.4 is 11.1 Å². The van der Waals surface area contributed by atoms with Crippen molar-refractivity contribution in [2.24, 2.45) is 5.73 Å². The summed E-state index contributed by atoms with van der Waals surface area (Å²) in [4.78, 5) is 19.2. The zero-order chi connectivity index (χ0) is 11.8. The van der Waals surface area contributed by atoms with E-state index in [2.05, 4.69) is 15.3 Å². The molecule has 1 aromatic heterocycles. The molecule has 1 unspecified atom stereocenters. The quantitative estimate of drug-likeness (QED) is 0.722. The summed E-state index contributed by atoms with van der Waals surface area (Å²) in [6.45, 7) is 1.96. The van der Waals surface area contributed by atoms with Gasteiger partial charge < -0.3 is 5.73 Å². The zero-order valence-electron chi connectivity index (χ0n) is 9.22. The number of amides is 1. The van der Waals surface area contributed by atoms with Crippen LogP contribution in [0.15, 0.2) is 18.5 Å². The Hall–Kier alpha value is -1.14. The molecule has 1 aromatic rings. The van der Waals surface area contributed by atoms with E-state index in [1.165, 1.54) is 0 Å². The second-order valence-electron chi connectivity index (χ2n) is 3.44. The number of aromatic nitrogens is 2. The molecule has 0 aliphatic rings. The molecule has 1 atom stereocenters. The molecule has 0 spiro atoms. The monoisotopic (exact) mass is 240 g/mol. The third kappa shape index (κ3) is 5.67. The molecule has 3 N–H and O–H groups in total.